The molecule has 15 heavy (non-hydrogen) atoms. The van der Waals surface area contributed by atoms with Crippen LogP contribution in [0, 0.1) is 0 Å². The van der Waals surface area contributed by atoms with Crippen molar-refractivity contribution >= 4 is 0 Å². The van der Waals surface area contributed by atoms with Gasteiger partial charge in [-0.3, -0.25) is 4.98 Å². The van der Waals surface area contributed by atoms with Crippen molar-refractivity contribution in [3.05, 3.63) is 30.2 Å². The maximum Gasteiger partial charge on any atom is 0.0938 e. The molecular weight excluding hydrogens is 188 g/mol. The average Bonchev–Trinajstić information content (AvgIpc) is 3.04. The largest absolute Gasteiger partial charge is 0.264 e. The van der Waals surface area contributed by atoms with E-state index in [-0.39, 0.29) is 0 Å². The van der Waals surface area contributed by atoms with Crippen molar-refractivity contribution in [2.75, 3.05) is 0 Å². The average molecular weight is 200 g/mol. The summed E-state index contributed by atoms with van der Waals surface area (Å²) in [5.74, 6) is 0.619. The molecule has 0 aliphatic heterocycles. The van der Waals surface area contributed by atoms with E-state index in [1.807, 2.05) is 24.0 Å². The van der Waals surface area contributed by atoms with Crippen LogP contribution in [0.4, 0.5) is 0 Å². The van der Waals surface area contributed by atoms with E-state index in [0.29, 0.717) is 5.92 Å². The van der Waals surface area contributed by atoms with Gasteiger partial charge in [0.2, 0.25) is 0 Å². The van der Waals surface area contributed by atoms with Crippen LogP contribution in [-0.2, 0) is 7.05 Å². The minimum atomic E-state index is 0.619. The van der Waals surface area contributed by atoms with Gasteiger partial charge in [0.05, 0.1) is 11.4 Å². The van der Waals surface area contributed by atoms with Crippen LogP contribution in [0.5, 0.6) is 0 Å². The first-order chi connectivity index (χ1) is 7.36. The van der Waals surface area contributed by atoms with Gasteiger partial charge >= 0.3 is 0 Å². The number of rotatable bonds is 2. The van der Waals surface area contributed by atoms with Gasteiger partial charge in [0.25, 0.3) is 0 Å². The van der Waals surface area contributed by atoms with Crippen LogP contribution in [0.3, 0.4) is 0 Å². The smallest absolute Gasteiger partial charge is 0.0938 e. The van der Waals surface area contributed by atoms with Gasteiger partial charge in [-0.2, -0.15) is 0 Å². The second-order valence-corrected chi connectivity index (χ2v) is 3.96. The van der Waals surface area contributed by atoms with Crippen LogP contribution >= 0.6 is 0 Å². The molecule has 4 nitrogen and oxygen atoms in total. The highest BCUT2D eigenvalue weighted by atomic mass is 15.4. The minimum absolute atomic E-state index is 0.619. The molecule has 2 aromatic rings. The van der Waals surface area contributed by atoms with Crippen LogP contribution < -0.4 is 0 Å². The summed E-state index contributed by atoms with van der Waals surface area (Å²) in [6.07, 6.45) is 6.13. The predicted molar refractivity (Wildman–Crippen MR) is 56.2 cm³/mol. The van der Waals surface area contributed by atoms with Crippen molar-refractivity contribution in [3.63, 3.8) is 0 Å². The van der Waals surface area contributed by atoms with E-state index >= 15 is 0 Å². The summed E-state index contributed by atoms with van der Waals surface area (Å²) in [6, 6.07) is 4.00. The van der Waals surface area contributed by atoms with E-state index in [1.165, 1.54) is 12.8 Å². The molecule has 0 unspecified atom stereocenters. The van der Waals surface area contributed by atoms with Crippen molar-refractivity contribution in [1.82, 2.24) is 20.0 Å². The molecule has 0 atom stereocenters. The topological polar surface area (TPSA) is 43.6 Å². The monoisotopic (exact) mass is 200 g/mol. The number of aromatic nitrogens is 4. The molecule has 0 amide bonds. The normalized spacial score (nSPS) is 15.5. The predicted octanol–water partition coefficient (Wildman–Crippen LogP) is 1.75. The van der Waals surface area contributed by atoms with E-state index in [1.54, 1.807) is 6.20 Å². The molecule has 4 heteroatoms. The lowest BCUT2D eigenvalue weighted by Crippen LogP contribution is -1.95. The van der Waals surface area contributed by atoms with Gasteiger partial charge < -0.3 is 0 Å². The third kappa shape index (κ3) is 1.42. The molecule has 2 aromatic heterocycles. The van der Waals surface area contributed by atoms with Crippen molar-refractivity contribution in [2.24, 2.45) is 7.05 Å². The third-order valence-electron chi connectivity index (χ3n) is 2.75. The molecule has 0 aromatic carbocycles. The van der Waals surface area contributed by atoms with Gasteiger partial charge in [0.15, 0.2) is 0 Å². The number of hydrogen-bond acceptors (Lipinski definition) is 3. The Hall–Kier alpha value is -1.71. The molecule has 0 N–H and O–H groups in total. The Kier molecular flexibility index (Phi) is 1.80. The number of aryl methyl sites for hydroxylation is 1. The molecule has 2 heterocycles. The molecule has 0 spiro atoms. The van der Waals surface area contributed by atoms with E-state index in [2.05, 4.69) is 21.4 Å². The van der Waals surface area contributed by atoms with Crippen molar-refractivity contribution in [1.29, 1.82) is 0 Å². The number of hydrogen-bond donors (Lipinski definition) is 0. The lowest BCUT2D eigenvalue weighted by molar-refractivity contribution is 0.718. The first-order valence-corrected chi connectivity index (χ1v) is 5.16. The molecule has 1 aliphatic rings. The molecule has 3 rings (SSSR count). The Labute approximate surface area is 88.0 Å². The van der Waals surface area contributed by atoms with Gasteiger partial charge in [-0.15, -0.1) is 5.10 Å². The van der Waals surface area contributed by atoms with Crippen LogP contribution in [0.15, 0.2) is 24.5 Å². The van der Waals surface area contributed by atoms with Crippen LogP contribution in [0.25, 0.3) is 11.3 Å². The summed E-state index contributed by atoms with van der Waals surface area (Å²) < 4.78 is 1.84. The number of pyridine rings is 1. The molecule has 1 saturated carbocycles. The first-order valence-electron chi connectivity index (χ1n) is 5.16. The third-order valence-corrected chi connectivity index (χ3v) is 2.75. The highest BCUT2D eigenvalue weighted by Gasteiger charge is 2.30. The summed E-state index contributed by atoms with van der Waals surface area (Å²) in [4.78, 5) is 4.13. The van der Waals surface area contributed by atoms with Crippen molar-refractivity contribution < 1.29 is 0 Å². The Balaban J connectivity index is 2.13. The standard InChI is InChI=1S/C11H12N4/c1-15-11(9-3-2-6-12-7-9)10(13-14-15)8-4-5-8/h2-3,6-8H,4-5H2,1H3. The molecule has 0 bridgehead atoms. The molecule has 0 saturated heterocycles. The molecule has 1 fully saturated rings. The molecule has 76 valence electrons. The highest BCUT2D eigenvalue weighted by Crippen LogP contribution is 2.42. The summed E-state index contributed by atoms with van der Waals surface area (Å²) in [6.45, 7) is 0. The Bertz CT molecular complexity index is 471. The molecule has 1 aliphatic carbocycles. The second-order valence-electron chi connectivity index (χ2n) is 3.96. The van der Waals surface area contributed by atoms with Crippen molar-refractivity contribution in [3.8, 4) is 11.3 Å². The fraction of sp³-hybridized carbons (Fsp3) is 0.364. The van der Waals surface area contributed by atoms with Gasteiger partial charge in [-0.05, 0) is 25.0 Å². The summed E-state index contributed by atoms with van der Waals surface area (Å²) >= 11 is 0. The summed E-state index contributed by atoms with van der Waals surface area (Å²) in [5, 5.41) is 8.33. The van der Waals surface area contributed by atoms with Crippen LogP contribution in [0.2, 0.25) is 0 Å². The Morgan fingerprint density at radius 2 is 2.27 bits per heavy atom. The summed E-state index contributed by atoms with van der Waals surface area (Å²) in [5.41, 5.74) is 3.35. The zero-order valence-electron chi connectivity index (χ0n) is 8.59. The number of nitrogens with zero attached hydrogens (tertiary/aromatic N) is 4. The van der Waals surface area contributed by atoms with E-state index in [9.17, 15) is 0 Å². The quantitative estimate of drug-likeness (QED) is 0.741. The zero-order chi connectivity index (χ0) is 10.3. The maximum absolute atomic E-state index is 4.24. The zero-order valence-corrected chi connectivity index (χ0v) is 8.59. The minimum Gasteiger partial charge on any atom is -0.264 e. The van der Waals surface area contributed by atoms with Gasteiger partial charge in [0, 0.05) is 30.9 Å². The van der Waals surface area contributed by atoms with Gasteiger partial charge in [0.1, 0.15) is 0 Å². The Morgan fingerprint density at radius 1 is 1.40 bits per heavy atom. The van der Waals surface area contributed by atoms with Crippen LogP contribution in [-0.4, -0.2) is 20.0 Å². The lowest BCUT2D eigenvalue weighted by Gasteiger charge is -2.02. The van der Waals surface area contributed by atoms with Gasteiger partial charge in [-0.25, -0.2) is 4.68 Å². The van der Waals surface area contributed by atoms with Crippen LogP contribution in [0.1, 0.15) is 24.5 Å². The summed E-state index contributed by atoms with van der Waals surface area (Å²) in [7, 11) is 1.93. The SMILES string of the molecule is Cn1nnc(C2CC2)c1-c1cccnc1. The fourth-order valence-corrected chi connectivity index (χ4v) is 1.84. The second kappa shape index (κ2) is 3.15. The van der Waals surface area contributed by atoms with Gasteiger partial charge in [-0.1, -0.05) is 5.21 Å². The van der Waals surface area contributed by atoms with E-state index < -0.39 is 0 Å². The first kappa shape index (κ1) is 8.59. The van der Waals surface area contributed by atoms with E-state index in [4.69, 9.17) is 0 Å². The van der Waals surface area contributed by atoms with E-state index in [0.717, 1.165) is 17.0 Å². The highest BCUT2D eigenvalue weighted by molar-refractivity contribution is 5.61. The molecular formula is C11H12N4. The van der Waals surface area contributed by atoms with Crippen molar-refractivity contribution in [2.45, 2.75) is 18.8 Å². The fourth-order valence-electron chi connectivity index (χ4n) is 1.84. The lowest BCUT2D eigenvalue weighted by atomic mass is 10.1. The maximum atomic E-state index is 4.24. The molecule has 0 radical (unpaired) electrons. The Morgan fingerprint density at radius 3 is 2.93 bits per heavy atom.